The summed E-state index contributed by atoms with van der Waals surface area (Å²) in [4.78, 5) is 11.2. The summed E-state index contributed by atoms with van der Waals surface area (Å²) in [6.07, 6.45) is -5.58. The number of alkyl halides is 3. The Kier molecular flexibility index (Phi) is 4.53. The highest BCUT2D eigenvalue weighted by Crippen LogP contribution is 2.21. The van der Waals surface area contributed by atoms with Crippen molar-refractivity contribution in [3.63, 3.8) is 0 Å². The van der Waals surface area contributed by atoms with Gasteiger partial charge >= 0.3 is 6.18 Å². The number of rotatable bonds is 4. The van der Waals surface area contributed by atoms with Gasteiger partial charge in [0.1, 0.15) is 5.78 Å². The smallest absolute Gasteiger partial charge is 0.379 e. The minimum atomic E-state index is -4.24. The Labute approximate surface area is 86.0 Å². The van der Waals surface area contributed by atoms with Gasteiger partial charge in [-0.05, 0) is 0 Å². The molecule has 0 aliphatic carbocycles. The van der Waals surface area contributed by atoms with Gasteiger partial charge in [-0.1, -0.05) is 0 Å². The van der Waals surface area contributed by atoms with Crippen molar-refractivity contribution in [1.29, 1.82) is 0 Å². The minimum Gasteiger partial charge on any atom is -0.379 e. The van der Waals surface area contributed by atoms with Crippen molar-refractivity contribution in [3.05, 3.63) is 0 Å². The maximum absolute atomic E-state index is 11.8. The molecule has 0 amide bonds. The zero-order valence-electron chi connectivity index (χ0n) is 8.27. The fraction of sp³-hybridized carbons (Fsp3) is 0.889. The standard InChI is InChI=1S/C9H14F3NO2/c10-9(11,12)2-1-8(14)5-7-6-15-4-3-13-7/h7,13H,1-6H2. The Balaban J connectivity index is 2.17. The second-order valence-corrected chi connectivity index (χ2v) is 3.58. The molecule has 1 fully saturated rings. The topological polar surface area (TPSA) is 38.3 Å². The van der Waals surface area contributed by atoms with E-state index in [2.05, 4.69) is 5.32 Å². The molecular weight excluding hydrogens is 211 g/mol. The van der Waals surface area contributed by atoms with Crippen molar-refractivity contribution in [2.24, 2.45) is 0 Å². The molecule has 1 N–H and O–H groups in total. The molecule has 1 atom stereocenters. The summed E-state index contributed by atoms with van der Waals surface area (Å²) in [5, 5.41) is 3.02. The maximum Gasteiger partial charge on any atom is 0.389 e. The van der Waals surface area contributed by atoms with E-state index in [0.29, 0.717) is 19.8 Å². The highest BCUT2D eigenvalue weighted by atomic mass is 19.4. The molecule has 6 heteroatoms. The van der Waals surface area contributed by atoms with Crippen LogP contribution in [0.25, 0.3) is 0 Å². The largest absolute Gasteiger partial charge is 0.389 e. The molecular formula is C9H14F3NO2. The summed E-state index contributed by atoms with van der Waals surface area (Å²) in [6, 6.07) is -0.125. The third kappa shape index (κ3) is 5.74. The maximum atomic E-state index is 11.8. The summed E-state index contributed by atoms with van der Waals surface area (Å²) in [7, 11) is 0. The molecule has 1 unspecified atom stereocenters. The highest BCUT2D eigenvalue weighted by molar-refractivity contribution is 5.79. The third-order valence-corrected chi connectivity index (χ3v) is 2.16. The number of ketones is 1. The molecule has 1 aliphatic heterocycles. The van der Waals surface area contributed by atoms with E-state index in [1.807, 2.05) is 0 Å². The Bertz CT molecular complexity index is 212. The lowest BCUT2D eigenvalue weighted by Crippen LogP contribution is -2.42. The zero-order valence-corrected chi connectivity index (χ0v) is 8.27. The number of carbonyl (C=O) groups is 1. The van der Waals surface area contributed by atoms with Crippen LogP contribution in [0.15, 0.2) is 0 Å². The molecule has 1 heterocycles. The number of Topliss-reactive ketones (excluding diaryl/α,β-unsaturated/α-hetero) is 1. The number of hydrogen-bond donors (Lipinski definition) is 1. The molecule has 1 aliphatic rings. The third-order valence-electron chi connectivity index (χ3n) is 2.16. The quantitative estimate of drug-likeness (QED) is 0.783. The minimum absolute atomic E-state index is 0.121. The molecule has 1 rings (SSSR count). The lowest BCUT2D eigenvalue weighted by molar-refractivity contribution is -0.143. The van der Waals surface area contributed by atoms with Gasteiger partial charge in [0.2, 0.25) is 0 Å². The second-order valence-electron chi connectivity index (χ2n) is 3.58. The van der Waals surface area contributed by atoms with Gasteiger partial charge < -0.3 is 10.1 Å². The van der Waals surface area contributed by atoms with E-state index in [4.69, 9.17) is 4.74 Å². The van der Waals surface area contributed by atoms with Crippen LogP contribution in [0.3, 0.4) is 0 Å². The van der Waals surface area contributed by atoms with Gasteiger partial charge in [0.05, 0.1) is 19.6 Å². The zero-order chi connectivity index (χ0) is 11.3. The summed E-state index contributed by atoms with van der Waals surface area (Å²) in [5.74, 6) is -0.365. The Morgan fingerprint density at radius 3 is 2.73 bits per heavy atom. The van der Waals surface area contributed by atoms with Crippen molar-refractivity contribution in [2.75, 3.05) is 19.8 Å². The van der Waals surface area contributed by atoms with E-state index >= 15 is 0 Å². The monoisotopic (exact) mass is 225 g/mol. The summed E-state index contributed by atoms with van der Waals surface area (Å²) < 4.78 is 40.5. The first-order valence-corrected chi connectivity index (χ1v) is 4.87. The fourth-order valence-corrected chi connectivity index (χ4v) is 1.41. The first kappa shape index (κ1) is 12.4. The molecule has 3 nitrogen and oxygen atoms in total. The molecule has 0 saturated carbocycles. The van der Waals surface area contributed by atoms with E-state index in [9.17, 15) is 18.0 Å². The average Bonchev–Trinajstić information content (AvgIpc) is 2.15. The molecule has 1 saturated heterocycles. The van der Waals surface area contributed by atoms with Crippen LogP contribution in [-0.2, 0) is 9.53 Å². The lowest BCUT2D eigenvalue weighted by Gasteiger charge is -2.23. The van der Waals surface area contributed by atoms with Crippen LogP contribution in [-0.4, -0.2) is 37.8 Å². The van der Waals surface area contributed by atoms with Crippen LogP contribution in [0.2, 0.25) is 0 Å². The molecule has 0 aromatic rings. The number of hydrogen-bond acceptors (Lipinski definition) is 3. The average molecular weight is 225 g/mol. The van der Waals surface area contributed by atoms with Gasteiger partial charge in [-0.3, -0.25) is 4.79 Å². The summed E-state index contributed by atoms with van der Waals surface area (Å²) >= 11 is 0. The molecule has 88 valence electrons. The molecule has 0 bridgehead atoms. The van der Waals surface area contributed by atoms with Crippen LogP contribution in [0.1, 0.15) is 19.3 Å². The highest BCUT2D eigenvalue weighted by Gasteiger charge is 2.28. The van der Waals surface area contributed by atoms with Crippen LogP contribution in [0.5, 0.6) is 0 Å². The van der Waals surface area contributed by atoms with Gasteiger partial charge in [0.25, 0.3) is 0 Å². The number of halogens is 3. The Morgan fingerprint density at radius 1 is 1.47 bits per heavy atom. The molecule has 0 spiro atoms. The van der Waals surface area contributed by atoms with Crippen molar-refractivity contribution >= 4 is 5.78 Å². The number of morpholine rings is 1. The predicted octanol–water partition coefficient (Wildman–Crippen LogP) is 1.28. The SMILES string of the molecule is O=C(CCC(F)(F)F)CC1COCCN1. The first-order valence-electron chi connectivity index (χ1n) is 4.87. The van der Waals surface area contributed by atoms with E-state index in [1.54, 1.807) is 0 Å². The molecule has 15 heavy (non-hydrogen) atoms. The predicted molar refractivity (Wildman–Crippen MR) is 47.5 cm³/mol. The van der Waals surface area contributed by atoms with Crippen LogP contribution < -0.4 is 5.32 Å². The van der Waals surface area contributed by atoms with Gasteiger partial charge in [-0.25, -0.2) is 0 Å². The number of nitrogens with one attached hydrogen (secondary N) is 1. The first-order chi connectivity index (χ1) is 6.97. The van der Waals surface area contributed by atoms with Crippen LogP contribution in [0, 0.1) is 0 Å². The summed E-state index contributed by atoms with van der Waals surface area (Å²) in [6.45, 7) is 1.64. The fourth-order valence-electron chi connectivity index (χ4n) is 1.41. The Morgan fingerprint density at radius 2 is 2.20 bits per heavy atom. The summed E-state index contributed by atoms with van der Waals surface area (Å²) in [5.41, 5.74) is 0. The van der Waals surface area contributed by atoms with E-state index in [-0.39, 0.29) is 18.2 Å². The lowest BCUT2D eigenvalue weighted by atomic mass is 10.1. The van der Waals surface area contributed by atoms with Crippen LogP contribution >= 0.6 is 0 Å². The van der Waals surface area contributed by atoms with E-state index in [1.165, 1.54) is 0 Å². The van der Waals surface area contributed by atoms with Gasteiger partial charge in [-0.15, -0.1) is 0 Å². The van der Waals surface area contributed by atoms with Crippen molar-refractivity contribution in [2.45, 2.75) is 31.5 Å². The van der Waals surface area contributed by atoms with Crippen LogP contribution in [0.4, 0.5) is 13.2 Å². The van der Waals surface area contributed by atoms with Gasteiger partial charge in [-0.2, -0.15) is 13.2 Å². The van der Waals surface area contributed by atoms with Crippen molar-refractivity contribution in [1.82, 2.24) is 5.32 Å². The van der Waals surface area contributed by atoms with E-state index < -0.39 is 19.0 Å². The number of ether oxygens (including phenoxy) is 1. The van der Waals surface area contributed by atoms with Crippen molar-refractivity contribution in [3.8, 4) is 0 Å². The second kappa shape index (κ2) is 5.46. The molecule has 0 radical (unpaired) electrons. The molecule has 0 aromatic heterocycles. The van der Waals surface area contributed by atoms with Crippen molar-refractivity contribution < 1.29 is 22.7 Å². The Hall–Kier alpha value is -0.620. The van der Waals surface area contributed by atoms with Gasteiger partial charge in [0, 0.05) is 25.4 Å². The normalized spacial score (nSPS) is 22.7. The van der Waals surface area contributed by atoms with E-state index in [0.717, 1.165) is 0 Å². The number of carbonyl (C=O) groups excluding carboxylic acids is 1. The van der Waals surface area contributed by atoms with Gasteiger partial charge in [0.15, 0.2) is 0 Å². The molecule has 0 aromatic carbocycles.